The molecule has 21 heavy (non-hydrogen) atoms. The number of aromatic nitrogens is 1. The Balaban J connectivity index is 1.76. The van der Waals surface area contributed by atoms with Gasteiger partial charge in [-0.2, -0.15) is 0 Å². The summed E-state index contributed by atoms with van der Waals surface area (Å²) in [6, 6.07) is 8.41. The van der Waals surface area contributed by atoms with Gasteiger partial charge in [-0.15, -0.1) is 11.3 Å². The number of aryl methyl sites for hydroxylation is 1. The number of rotatable bonds is 4. The molecule has 3 nitrogen and oxygen atoms in total. The van der Waals surface area contributed by atoms with Crippen molar-refractivity contribution < 1.29 is 8.81 Å². The molecule has 0 bridgehead atoms. The van der Waals surface area contributed by atoms with E-state index in [-0.39, 0.29) is 5.82 Å². The zero-order chi connectivity index (χ0) is 14.8. The van der Waals surface area contributed by atoms with Crippen molar-refractivity contribution in [3.05, 3.63) is 58.0 Å². The minimum Gasteiger partial charge on any atom is -0.440 e. The van der Waals surface area contributed by atoms with Gasteiger partial charge in [0.1, 0.15) is 17.3 Å². The van der Waals surface area contributed by atoms with Crippen LogP contribution >= 0.6 is 22.9 Å². The number of hydrogen-bond donors (Lipinski definition) is 1. The van der Waals surface area contributed by atoms with Crippen molar-refractivity contribution in [3.8, 4) is 10.8 Å². The van der Waals surface area contributed by atoms with Crippen LogP contribution in [0.1, 0.15) is 11.5 Å². The second kappa shape index (κ2) is 5.87. The third kappa shape index (κ3) is 3.09. The van der Waals surface area contributed by atoms with Crippen molar-refractivity contribution in [3.63, 3.8) is 0 Å². The van der Waals surface area contributed by atoms with Crippen LogP contribution in [-0.4, -0.2) is 4.98 Å². The largest absolute Gasteiger partial charge is 0.440 e. The SMILES string of the molecule is Cc1oc(-c2cccs2)nc1CNc1ccc(Cl)cc1F. The van der Waals surface area contributed by atoms with E-state index in [9.17, 15) is 4.39 Å². The molecule has 2 aromatic heterocycles. The standard InChI is InChI=1S/C15H12ClFN2OS/c1-9-13(19-15(20-9)14-3-2-6-21-14)8-18-12-5-4-10(16)7-11(12)17/h2-7,18H,8H2,1H3. The van der Waals surface area contributed by atoms with Gasteiger partial charge in [0.25, 0.3) is 0 Å². The highest BCUT2D eigenvalue weighted by Crippen LogP contribution is 2.26. The first-order valence-corrected chi connectivity index (χ1v) is 7.58. The first kappa shape index (κ1) is 14.1. The average molecular weight is 323 g/mol. The first-order valence-electron chi connectivity index (χ1n) is 6.32. The van der Waals surface area contributed by atoms with Crippen LogP contribution in [0.5, 0.6) is 0 Å². The third-order valence-corrected chi connectivity index (χ3v) is 4.09. The predicted octanol–water partition coefficient (Wildman–Crippen LogP) is 5.12. The molecule has 1 N–H and O–H groups in total. The summed E-state index contributed by atoms with van der Waals surface area (Å²) in [6.45, 7) is 2.23. The topological polar surface area (TPSA) is 38.1 Å². The number of hydrogen-bond acceptors (Lipinski definition) is 4. The molecule has 108 valence electrons. The fraction of sp³-hybridized carbons (Fsp3) is 0.133. The van der Waals surface area contributed by atoms with Crippen LogP contribution in [0.4, 0.5) is 10.1 Å². The van der Waals surface area contributed by atoms with Gasteiger partial charge in [-0.05, 0) is 36.6 Å². The Bertz CT molecular complexity index is 755. The Kier molecular flexibility index (Phi) is 3.94. The molecule has 3 aromatic rings. The highest BCUT2D eigenvalue weighted by atomic mass is 35.5. The summed E-state index contributed by atoms with van der Waals surface area (Å²) in [5.41, 5.74) is 1.15. The van der Waals surface area contributed by atoms with E-state index >= 15 is 0 Å². The molecule has 0 saturated carbocycles. The molecule has 6 heteroatoms. The average Bonchev–Trinajstić information content (AvgIpc) is 3.07. The number of halogens is 2. The van der Waals surface area contributed by atoms with Crippen molar-refractivity contribution in [1.29, 1.82) is 0 Å². The number of nitrogens with zero attached hydrogens (tertiary/aromatic N) is 1. The van der Waals surface area contributed by atoms with Crippen molar-refractivity contribution in [2.24, 2.45) is 0 Å². The van der Waals surface area contributed by atoms with Crippen LogP contribution in [0.3, 0.4) is 0 Å². The molecular weight excluding hydrogens is 311 g/mol. The van der Waals surface area contributed by atoms with E-state index in [0.717, 1.165) is 16.3 Å². The molecule has 0 amide bonds. The summed E-state index contributed by atoms with van der Waals surface area (Å²) in [5.74, 6) is 0.929. The summed E-state index contributed by atoms with van der Waals surface area (Å²) in [7, 11) is 0. The lowest BCUT2D eigenvalue weighted by Crippen LogP contribution is -2.02. The summed E-state index contributed by atoms with van der Waals surface area (Å²) in [5, 5.41) is 5.34. The van der Waals surface area contributed by atoms with E-state index < -0.39 is 0 Å². The molecule has 0 unspecified atom stereocenters. The highest BCUT2D eigenvalue weighted by Gasteiger charge is 2.12. The zero-order valence-electron chi connectivity index (χ0n) is 11.2. The van der Waals surface area contributed by atoms with Gasteiger partial charge in [0.05, 0.1) is 17.1 Å². The molecule has 2 heterocycles. The van der Waals surface area contributed by atoms with Crippen LogP contribution in [0.25, 0.3) is 10.8 Å². The van der Waals surface area contributed by atoms with Crippen LogP contribution in [0, 0.1) is 12.7 Å². The van der Waals surface area contributed by atoms with Crippen LogP contribution < -0.4 is 5.32 Å². The number of benzene rings is 1. The number of thiophene rings is 1. The quantitative estimate of drug-likeness (QED) is 0.724. The van der Waals surface area contributed by atoms with Crippen LogP contribution in [0.2, 0.25) is 5.02 Å². The van der Waals surface area contributed by atoms with Gasteiger partial charge in [-0.1, -0.05) is 17.7 Å². The summed E-state index contributed by atoms with van der Waals surface area (Å²) >= 11 is 7.29. The van der Waals surface area contributed by atoms with Crippen molar-refractivity contribution in [1.82, 2.24) is 4.98 Å². The Morgan fingerprint density at radius 2 is 2.24 bits per heavy atom. The lowest BCUT2D eigenvalue weighted by atomic mass is 10.3. The summed E-state index contributed by atoms with van der Waals surface area (Å²) in [4.78, 5) is 5.42. The smallest absolute Gasteiger partial charge is 0.236 e. The van der Waals surface area contributed by atoms with Gasteiger partial charge in [0.2, 0.25) is 5.89 Å². The Morgan fingerprint density at radius 1 is 1.38 bits per heavy atom. The fourth-order valence-corrected chi connectivity index (χ4v) is 2.72. The maximum atomic E-state index is 13.7. The number of nitrogens with one attached hydrogen (secondary N) is 1. The number of oxazole rings is 1. The molecule has 0 radical (unpaired) electrons. The predicted molar refractivity (Wildman–Crippen MR) is 83.3 cm³/mol. The van der Waals surface area contributed by atoms with E-state index in [1.165, 1.54) is 6.07 Å². The first-order chi connectivity index (χ1) is 10.1. The molecule has 0 aliphatic rings. The Labute approximate surface area is 130 Å². The molecule has 3 rings (SSSR count). The monoisotopic (exact) mass is 322 g/mol. The van der Waals surface area contributed by atoms with E-state index in [1.54, 1.807) is 23.5 Å². The Morgan fingerprint density at radius 3 is 2.95 bits per heavy atom. The highest BCUT2D eigenvalue weighted by molar-refractivity contribution is 7.13. The molecule has 0 atom stereocenters. The van der Waals surface area contributed by atoms with Gasteiger partial charge in [-0.25, -0.2) is 9.37 Å². The van der Waals surface area contributed by atoms with Gasteiger partial charge in [-0.3, -0.25) is 0 Å². The Hall–Kier alpha value is -1.85. The maximum Gasteiger partial charge on any atom is 0.236 e. The summed E-state index contributed by atoms with van der Waals surface area (Å²) in [6.07, 6.45) is 0. The third-order valence-electron chi connectivity index (χ3n) is 3.00. The molecular formula is C15H12ClFN2OS. The minimum absolute atomic E-state index is 0.371. The zero-order valence-corrected chi connectivity index (χ0v) is 12.8. The summed E-state index contributed by atoms with van der Waals surface area (Å²) < 4.78 is 19.3. The molecule has 0 spiro atoms. The van der Waals surface area contributed by atoms with Crippen molar-refractivity contribution in [2.45, 2.75) is 13.5 Å². The fourth-order valence-electron chi connectivity index (χ4n) is 1.91. The molecule has 0 fully saturated rings. The van der Waals surface area contributed by atoms with E-state index in [4.69, 9.17) is 16.0 Å². The van der Waals surface area contributed by atoms with Crippen molar-refractivity contribution >= 4 is 28.6 Å². The van der Waals surface area contributed by atoms with Gasteiger partial charge >= 0.3 is 0 Å². The second-order valence-electron chi connectivity index (χ2n) is 4.48. The lowest BCUT2D eigenvalue weighted by molar-refractivity contribution is 0.541. The molecule has 1 aromatic carbocycles. The van der Waals surface area contributed by atoms with Crippen LogP contribution in [0.15, 0.2) is 40.1 Å². The van der Waals surface area contributed by atoms with Gasteiger partial charge in [0.15, 0.2) is 0 Å². The maximum absolute atomic E-state index is 13.7. The van der Waals surface area contributed by atoms with Gasteiger partial charge < -0.3 is 9.73 Å². The molecule has 0 saturated heterocycles. The number of anilines is 1. The van der Waals surface area contributed by atoms with E-state index in [0.29, 0.717) is 23.1 Å². The molecule has 0 aliphatic heterocycles. The van der Waals surface area contributed by atoms with E-state index in [1.807, 2.05) is 24.4 Å². The normalized spacial score (nSPS) is 10.8. The van der Waals surface area contributed by atoms with Crippen LogP contribution in [-0.2, 0) is 6.54 Å². The minimum atomic E-state index is -0.387. The lowest BCUT2D eigenvalue weighted by Gasteiger charge is -2.06. The van der Waals surface area contributed by atoms with Gasteiger partial charge in [0, 0.05) is 5.02 Å². The second-order valence-corrected chi connectivity index (χ2v) is 5.86. The molecule has 0 aliphatic carbocycles. The van der Waals surface area contributed by atoms with Crippen molar-refractivity contribution in [2.75, 3.05) is 5.32 Å². The van der Waals surface area contributed by atoms with E-state index in [2.05, 4.69) is 10.3 Å².